The topological polar surface area (TPSA) is 93.1 Å². The molecule has 1 aromatic carbocycles. The summed E-state index contributed by atoms with van der Waals surface area (Å²) in [7, 11) is 0. The maximum Gasteiger partial charge on any atom is 0.338 e. The number of aliphatic hydroxyl groups is 2. The molecule has 0 spiro atoms. The first-order chi connectivity index (χ1) is 15.5. The Morgan fingerprint density at radius 1 is 1.15 bits per heavy atom. The molecule has 2 fully saturated rings. The fourth-order valence-corrected chi connectivity index (χ4v) is 7.33. The van der Waals surface area contributed by atoms with E-state index in [0.717, 1.165) is 18.4 Å². The lowest BCUT2D eigenvalue weighted by molar-refractivity contribution is -0.306. The molecule has 1 aliphatic heterocycles. The summed E-state index contributed by atoms with van der Waals surface area (Å²) in [6, 6.07) is 8.66. The molecule has 5 rings (SSSR count). The molecule has 2 N–H and O–H groups in total. The predicted molar refractivity (Wildman–Crippen MR) is 121 cm³/mol. The van der Waals surface area contributed by atoms with Crippen molar-refractivity contribution in [3.8, 4) is 0 Å². The van der Waals surface area contributed by atoms with E-state index in [1.165, 1.54) is 6.08 Å². The van der Waals surface area contributed by atoms with Gasteiger partial charge in [-0.15, -0.1) is 0 Å². The van der Waals surface area contributed by atoms with Crippen molar-refractivity contribution in [2.75, 3.05) is 0 Å². The average molecular weight is 453 g/mol. The Labute approximate surface area is 194 Å². The lowest BCUT2D eigenvalue weighted by Crippen LogP contribution is -2.76. The third-order valence-electron chi connectivity index (χ3n) is 9.08. The molecule has 1 heterocycles. The van der Waals surface area contributed by atoms with Gasteiger partial charge in [-0.05, 0) is 48.3 Å². The highest BCUT2D eigenvalue weighted by Gasteiger charge is 2.73. The Morgan fingerprint density at radius 2 is 1.85 bits per heavy atom. The number of allylic oxidation sites excluding steroid dienone is 2. The van der Waals surface area contributed by atoms with E-state index >= 15 is 0 Å². The van der Waals surface area contributed by atoms with Crippen LogP contribution < -0.4 is 0 Å². The predicted octanol–water partition coefficient (Wildman–Crippen LogP) is 3.78. The van der Waals surface area contributed by atoms with Crippen molar-refractivity contribution in [2.45, 2.75) is 64.8 Å². The van der Waals surface area contributed by atoms with Gasteiger partial charge in [0.2, 0.25) is 0 Å². The van der Waals surface area contributed by atoms with Crippen molar-refractivity contribution >= 4 is 11.9 Å². The van der Waals surface area contributed by atoms with Crippen molar-refractivity contribution in [3.05, 3.63) is 59.4 Å². The first-order valence-corrected chi connectivity index (χ1v) is 11.8. The Bertz CT molecular complexity index is 1060. The number of esters is 2. The minimum absolute atomic E-state index is 0.194. The molecule has 3 aliphatic carbocycles. The Morgan fingerprint density at radius 3 is 2.55 bits per heavy atom. The van der Waals surface area contributed by atoms with Crippen LogP contribution in [0.1, 0.15) is 57.3 Å². The van der Waals surface area contributed by atoms with Crippen molar-refractivity contribution in [3.63, 3.8) is 0 Å². The van der Waals surface area contributed by atoms with Gasteiger partial charge in [-0.25, -0.2) is 9.59 Å². The minimum Gasteiger partial charge on any atom is -0.453 e. The van der Waals surface area contributed by atoms with Crippen LogP contribution in [0.2, 0.25) is 0 Å². The summed E-state index contributed by atoms with van der Waals surface area (Å²) < 4.78 is 11.5. The molecule has 0 aromatic heterocycles. The average Bonchev–Trinajstić information content (AvgIpc) is 3.15. The zero-order valence-electron chi connectivity index (χ0n) is 19.6. The second-order valence-corrected chi connectivity index (χ2v) is 11.0. The Hall–Kier alpha value is -2.44. The SMILES string of the molecule is C[C@H]1C2=CC(=O)OC2=C[C@@H]2[C@H]1[C@@H](O)[C@@H](OC(=O)c1ccccc1)[C@@]1(O)C(C)(C)CCC[C@]21C. The van der Waals surface area contributed by atoms with E-state index < -0.39 is 40.6 Å². The number of carbonyl (C=O) groups excluding carboxylic acids is 2. The molecule has 0 unspecified atom stereocenters. The van der Waals surface area contributed by atoms with Crippen LogP contribution in [0.25, 0.3) is 0 Å². The van der Waals surface area contributed by atoms with Gasteiger partial charge in [0, 0.05) is 23.0 Å². The second kappa shape index (κ2) is 7.28. The quantitative estimate of drug-likeness (QED) is 0.664. The van der Waals surface area contributed by atoms with E-state index in [1.54, 1.807) is 24.3 Å². The molecule has 6 heteroatoms. The third-order valence-corrected chi connectivity index (χ3v) is 9.08. The summed E-state index contributed by atoms with van der Waals surface area (Å²) in [6.07, 6.45) is 3.55. The van der Waals surface area contributed by atoms with Crippen LogP contribution in [-0.4, -0.2) is 40.0 Å². The van der Waals surface area contributed by atoms with Crippen LogP contribution in [0, 0.1) is 28.6 Å². The summed E-state index contributed by atoms with van der Waals surface area (Å²) >= 11 is 0. The summed E-state index contributed by atoms with van der Waals surface area (Å²) in [5.41, 5.74) is -1.65. The Balaban J connectivity index is 1.65. The zero-order valence-corrected chi connectivity index (χ0v) is 19.6. The normalized spacial score (nSPS) is 41.0. The number of hydrogen-bond donors (Lipinski definition) is 2. The van der Waals surface area contributed by atoms with E-state index in [2.05, 4.69) is 0 Å². The summed E-state index contributed by atoms with van der Waals surface area (Å²) in [5.74, 6) is -1.20. The van der Waals surface area contributed by atoms with Gasteiger partial charge in [-0.3, -0.25) is 0 Å². The highest BCUT2D eigenvalue weighted by Crippen LogP contribution is 2.67. The maximum atomic E-state index is 13.1. The molecule has 2 saturated carbocycles. The first-order valence-electron chi connectivity index (χ1n) is 11.8. The van der Waals surface area contributed by atoms with Gasteiger partial charge in [0.25, 0.3) is 0 Å². The second-order valence-electron chi connectivity index (χ2n) is 11.0. The monoisotopic (exact) mass is 452 g/mol. The zero-order chi connectivity index (χ0) is 23.8. The first kappa shape index (κ1) is 22.4. The fourth-order valence-electron chi connectivity index (χ4n) is 7.33. The summed E-state index contributed by atoms with van der Waals surface area (Å²) in [4.78, 5) is 25.1. The summed E-state index contributed by atoms with van der Waals surface area (Å²) in [5, 5.41) is 24.3. The van der Waals surface area contributed by atoms with Crippen molar-refractivity contribution in [1.82, 2.24) is 0 Å². The molecule has 4 aliphatic rings. The van der Waals surface area contributed by atoms with Crippen LogP contribution in [0.5, 0.6) is 0 Å². The van der Waals surface area contributed by atoms with Gasteiger partial charge in [0.1, 0.15) is 11.4 Å². The van der Waals surface area contributed by atoms with E-state index in [-0.39, 0.29) is 17.8 Å². The number of fused-ring (bicyclic) bond motifs is 4. The van der Waals surface area contributed by atoms with Gasteiger partial charge in [0.15, 0.2) is 6.10 Å². The largest absolute Gasteiger partial charge is 0.453 e. The van der Waals surface area contributed by atoms with Gasteiger partial charge < -0.3 is 19.7 Å². The molecular weight excluding hydrogens is 420 g/mol. The highest BCUT2D eigenvalue weighted by molar-refractivity contribution is 5.90. The Kier molecular flexibility index (Phi) is 4.93. The van der Waals surface area contributed by atoms with Gasteiger partial charge in [-0.1, -0.05) is 52.3 Å². The number of hydrogen-bond acceptors (Lipinski definition) is 6. The number of rotatable bonds is 2. The lowest BCUT2D eigenvalue weighted by Gasteiger charge is -2.68. The minimum atomic E-state index is -1.48. The van der Waals surface area contributed by atoms with Crippen molar-refractivity contribution in [2.24, 2.45) is 28.6 Å². The number of aliphatic hydroxyl groups excluding tert-OH is 1. The molecule has 7 atom stereocenters. The van der Waals surface area contributed by atoms with Gasteiger partial charge in [-0.2, -0.15) is 0 Å². The van der Waals surface area contributed by atoms with Crippen molar-refractivity contribution < 1.29 is 29.3 Å². The fraction of sp³-hybridized carbons (Fsp3) is 0.556. The standard InChI is InChI=1S/C27H32O6/c1-15-17-13-20(28)32-19(17)14-18-21(15)22(29)23(33-24(30)16-9-6-5-7-10-16)27(31)25(2,3)11-8-12-26(18,27)4/h5-7,9-10,13-15,18,21-23,29,31H,8,11-12H2,1-4H3/t15-,18+,21-,22+,23+,26+,27+/m0/s1. The van der Waals surface area contributed by atoms with Crippen molar-refractivity contribution in [1.29, 1.82) is 0 Å². The van der Waals surface area contributed by atoms with E-state index in [9.17, 15) is 19.8 Å². The summed E-state index contributed by atoms with van der Waals surface area (Å²) in [6.45, 7) is 7.98. The smallest absolute Gasteiger partial charge is 0.338 e. The van der Waals surface area contributed by atoms with Gasteiger partial charge in [0.05, 0.1) is 11.7 Å². The number of benzene rings is 1. The third kappa shape index (κ3) is 2.93. The molecule has 0 saturated heterocycles. The van der Waals surface area contributed by atoms with E-state index in [4.69, 9.17) is 9.47 Å². The molecule has 0 bridgehead atoms. The number of ether oxygens (including phenoxy) is 2. The van der Waals surface area contributed by atoms with Crippen LogP contribution in [-0.2, 0) is 14.3 Å². The van der Waals surface area contributed by atoms with Gasteiger partial charge >= 0.3 is 11.9 Å². The molecule has 176 valence electrons. The molecular formula is C27H32O6. The molecule has 1 aromatic rings. The maximum absolute atomic E-state index is 13.1. The molecule has 33 heavy (non-hydrogen) atoms. The van der Waals surface area contributed by atoms with Crippen LogP contribution in [0.3, 0.4) is 0 Å². The molecule has 0 radical (unpaired) electrons. The number of carbonyl (C=O) groups is 2. The molecule has 0 amide bonds. The lowest BCUT2D eigenvalue weighted by atomic mass is 9.40. The van der Waals surface area contributed by atoms with Crippen LogP contribution >= 0.6 is 0 Å². The molecule has 6 nitrogen and oxygen atoms in total. The van der Waals surface area contributed by atoms with E-state index in [1.807, 2.05) is 39.8 Å². The highest BCUT2D eigenvalue weighted by atomic mass is 16.6. The van der Waals surface area contributed by atoms with E-state index in [0.29, 0.717) is 17.7 Å². The van der Waals surface area contributed by atoms with Crippen LogP contribution in [0.15, 0.2) is 53.8 Å². The van der Waals surface area contributed by atoms with Crippen LogP contribution in [0.4, 0.5) is 0 Å².